The van der Waals surface area contributed by atoms with Crippen molar-refractivity contribution >= 4 is 28.9 Å². The van der Waals surface area contributed by atoms with Crippen LogP contribution >= 0.6 is 11.3 Å². The standard InChI is InChI=1S/C23H27N3O4S/c1-14(2)26-21(27)8-7-17(24-26)23(28)25-10-9-15-12-18(29-3)19(30-4)13-16(15)22(25)20-6-5-11-31-20/h5-6,11-14,22H,7-10H2,1-4H3/t22-/m1/s1. The van der Waals surface area contributed by atoms with Gasteiger partial charge in [-0.1, -0.05) is 6.07 Å². The number of rotatable bonds is 5. The molecule has 31 heavy (non-hydrogen) atoms. The van der Waals surface area contributed by atoms with Crippen molar-refractivity contribution in [1.29, 1.82) is 0 Å². The number of thiophene rings is 1. The summed E-state index contributed by atoms with van der Waals surface area (Å²) in [7, 11) is 3.24. The van der Waals surface area contributed by atoms with Gasteiger partial charge in [-0.25, -0.2) is 5.01 Å². The van der Waals surface area contributed by atoms with Crippen LogP contribution in [0, 0.1) is 0 Å². The highest BCUT2D eigenvalue weighted by Crippen LogP contribution is 2.42. The molecule has 7 nitrogen and oxygen atoms in total. The molecule has 164 valence electrons. The molecule has 2 aliphatic heterocycles. The summed E-state index contributed by atoms with van der Waals surface area (Å²) in [5.41, 5.74) is 2.62. The van der Waals surface area contributed by atoms with Crippen molar-refractivity contribution in [3.8, 4) is 11.5 Å². The Morgan fingerprint density at radius 2 is 1.90 bits per heavy atom. The number of hydrogen-bond donors (Lipinski definition) is 0. The van der Waals surface area contributed by atoms with Crippen LogP contribution in [0.25, 0.3) is 0 Å². The molecule has 0 saturated heterocycles. The SMILES string of the molecule is COc1cc2c(cc1OC)[C@H](c1cccs1)N(C(=O)C1=NN(C(C)C)C(=O)CC1)CC2. The molecule has 1 atom stereocenters. The molecule has 0 fully saturated rings. The smallest absolute Gasteiger partial charge is 0.270 e. The van der Waals surface area contributed by atoms with E-state index in [1.54, 1.807) is 25.6 Å². The van der Waals surface area contributed by atoms with E-state index in [9.17, 15) is 9.59 Å². The Kier molecular flexibility index (Phi) is 6.00. The van der Waals surface area contributed by atoms with Crippen molar-refractivity contribution in [2.75, 3.05) is 20.8 Å². The van der Waals surface area contributed by atoms with Crippen molar-refractivity contribution in [1.82, 2.24) is 9.91 Å². The lowest BCUT2D eigenvalue weighted by Crippen LogP contribution is -2.46. The highest BCUT2D eigenvalue weighted by Gasteiger charge is 2.37. The fraction of sp³-hybridized carbons (Fsp3) is 0.435. The van der Waals surface area contributed by atoms with Crippen LogP contribution in [0.4, 0.5) is 0 Å². The molecule has 1 aromatic carbocycles. The van der Waals surface area contributed by atoms with Crippen molar-refractivity contribution in [3.63, 3.8) is 0 Å². The van der Waals surface area contributed by atoms with E-state index in [1.807, 2.05) is 48.4 Å². The van der Waals surface area contributed by atoms with Gasteiger partial charge in [0.05, 0.1) is 20.3 Å². The first-order valence-corrected chi connectivity index (χ1v) is 11.3. The predicted molar refractivity (Wildman–Crippen MR) is 120 cm³/mol. The zero-order chi connectivity index (χ0) is 22.1. The van der Waals surface area contributed by atoms with Crippen LogP contribution < -0.4 is 9.47 Å². The van der Waals surface area contributed by atoms with Crippen molar-refractivity contribution < 1.29 is 19.1 Å². The largest absolute Gasteiger partial charge is 0.493 e. The number of carbonyl (C=O) groups excluding carboxylic acids is 2. The van der Waals surface area contributed by atoms with Crippen LogP contribution in [-0.4, -0.2) is 54.2 Å². The Balaban J connectivity index is 1.76. The van der Waals surface area contributed by atoms with E-state index >= 15 is 0 Å². The molecule has 0 aliphatic carbocycles. The first kappa shape index (κ1) is 21.4. The third-order valence-corrected chi connectivity index (χ3v) is 6.67. The van der Waals surface area contributed by atoms with E-state index < -0.39 is 0 Å². The summed E-state index contributed by atoms with van der Waals surface area (Å²) < 4.78 is 11.0. The van der Waals surface area contributed by atoms with Crippen molar-refractivity contribution in [3.05, 3.63) is 45.6 Å². The third-order valence-electron chi connectivity index (χ3n) is 5.74. The molecule has 2 aliphatic rings. The number of hydrazone groups is 1. The first-order valence-electron chi connectivity index (χ1n) is 10.4. The van der Waals surface area contributed by atoms with E-state index in [1.165, 1.54) is 5.01 Å². The van der Waals surface area contributed by atoms with Crippen LogP contribution in [0.5, 0.6) is 11.5 Å². The fourth-order valence-electron chi connectivity index (χ4n) is 4.21. The molecular formula is C23H27N3O4S. The van der Waals surface area contributed by atoms with Crippen molar-refractivity contribution in [2.24, 2.45) is 5.10 Å². The Morgan fingerprint density at radius 3 is 2.55 bits per heavy atom. The molecule has 0 radical (unpaired) electrons. The predicted octanol–water partition coefficient (Wildman–Crippen LogP) is 3.63. The second-order valence-electron chi connectivity index (χ2n) is 7.95. The molecule has 0 bridgehead atoms. The third kappa shape index (κ3) is 3.92. The highest BCUT2D eigenvalue weighted by molar-refractivity contribution is 7.10. The Bertz CT molecular complexity index is 1020. The number of hydrogen-bond acceptors (Lipinski definition) is 6. The quantitative estimate of drug-likeness (QED) is 0.710. The normalized spacial score (nSPS) is 18.7. The molecule has 1 aromatic heterocycles. The van der Waals surface area contributed by atoms with Gasteiger partial charge in [-0.15, -0.1) is 11.3 Å². The molecular weight excluding hydrogens is 414 g/mol. The topological polar surface area (TPSA) is 71.4 Å². The first-order chi connectivity index (χ1) is 14.9. The molecule has 2 amide bonds. The van der Waals surface area contributed by atoms with E-state index in [-0.39, 0.29) is 23.9 Å². The minimum Gasteiger partial charge on any atom is -0.493 e. The number of ether oxygens (including phenoxy) is 2. The van der Waals surface area contributed by atoms with Gasteiger partial charge >= 0.3 is 0 Å². The number of carbonyl (C=O) groups is 2. The van der Waals surface area contributed by atoms with Crippen LogP contribution in [0.3, 0.4) is 0 Å². The van der Waals surface area contributed by atoms with Gasteiger partial charge in [0, 0.05) is 30.3 Å². The molecule has 0 saturated carbocycles. The summed E-state index contributed by atoms with van der Waals surface area (Å²) in [6.45, 7) is 4.37. The van der Waals surface area contributed by atoms with Gasteiger partial charge < -0.3 is 14.4 Å². The van der Waals surface area contributed by atoms with E-state index in [2.05, 4.69) is 5.10 Å². The summed E-state index contributed by atoms with van der Waals surface area (Å²) in [5.74, 6) is 1.18. The maximum Gasteiger partial charge on any atom is 0.270 e. The van der Waals surface area contributed by atoms with Gasteiger partial charge in [0.15, 0.2) is 11.5 Å². The zero-order valence-corrected chi connectivity index (χ0v) is 19.1. The van der Waals surface area contributed by atoms with Gasteiger partial charge in [-0.3, -0.25) is 9.59 Å². The lowest BCUT2D eigenvalue weighted by molar-refractivity contribution is -0.133. The average Bonchev–Trinajstić information content (AvgIpc) is 3.31. The van der Waals surface area contributed by atoms with E-state index in [4.69, 9.17) is 9.47 Å². The van der Waals surface area contributed by atoms with Gasteiger partial charge in [0.1, 0.15) is 5.71 Å². The number of amides is 2. The number of fused-ring (bicyclic) bond motifs is 1. The maximum atomic E-state index is 13.6. The highest BCUT2D eigenvalue weighted by atomic mass is 32.1. The molecule has 4 rings (SSSR count). The lowest BCUT2D eigenvalue weighted by atomic mass is 9.90. The van der Waals surface area contributed by atoms with Crippen molar-refractivity contribution in [2.45, 2.75) is 45.2 Å². The second kappa shape index (κ2) is 8.70. The summed E-state index contributed by atoms with van der Waals surface area (Å²) in [4.78, 5) is 28.8. The minimum absolute atomic E-state index is 0.0397. The van der Waals surface area contributed by atoms with E-state index in [0.29, 0.717) is 43.0 Å². The Hall–Kier alpha value is -2.87. The summed E-state index contributed by atoms with van der Waals surface area (Å²) in [6.07, 6.45) is 1.39. The second-order valence-corrected chi connectivity index (χ2v) is 8.93. The average molecular weight is 442 g/mol. The fourth-order valence-corrected chi connectivity index (χ4v) is 5.07. The van der Waals surface area contributed by atoms with Crippen LogP contribution in [0.1, 0.15) is 48.7 Å². The Morgan fingerprint density at radius 1 is 1.16 bits per heavy atom. The minimum atomic E-state index is -0.233. The zero-order valence-electron chi connectivity index (χ0n) is 18.3. The van der Waals surface area contributed by atoms with Gasteiger partial charge in [-0.05, 0) is 55.0 Å². The summed E-state index contributed by atoms with van der Waals surface area (Å²) in [6, 6.07) is 7.72. The maximum absolute atomic E-state index is 13.6. The van der Waals surface area contributed by atoms with Crippen LogP contribution in [-0.2, 0) is 16.0 Å². The van der Waals surface area contributed by atoms with Crippen LogP contribution in [0.15, 0.2) is 34.7 Å². The molecule has 3 heterocycles. The molecule has 8 heteroatoms. The van der Waals surface area contributed by atoms with Gasteiger partial charge in [0.2, 0.25) is 5.91 Å². The monoisotopic (exact) mass is 441 g/mol. The Labute approximate surface area is 186 Å². The van der Waals surface area contributed by atoms with Gasteiger partial charge in [0.25, 0.3) is 5.91 Å². The lowest BCUT2D eigenvalue weighted by Gasteiger charge is -2.38. The molecule has 2 aromatic rings. The van der Waals surface area contributed by atoms with Crippen LogP contribution in [0.2, 0.25) is 0 Å². The number of nitrogens with zero attached hydrogens (tertiary/aromatic N) is 3. The molecule has 0 N–H and O–H groups in total. The summed E-state index contributed by atoms with van der Waals surface area (Å²) in [5, 5.41) is 7.89. The van der Waals surface area contributed by atoms with Gasteiger partial charge in [-0.2, -0.15) is 5.10 Å². The molecule has 0 unspecified atom stereocenters. The molecule has 0 spiro atoms. The summed E-state index contributed by atoms with van der Waals surface area (Å²) >= 11 is 1.62. The number of benzene rings is 1. The number of methoxy groups -OCH3 is 2. The van der Waals surface area contributed by atoms with E-state index in [0.717, 1.165) is 16.0 Å².